The molecule has 0 heterocycles. The first kappa shape index (κ1) is 12.7. The minimum absolute atomic E-state index is 0.213. The Bertz CT molecular complexity index is 671. The number of hydrogen-bond donors (Lipinski definition) is 2. The smallest absolute Gasteiger partial charge is 0.255 e. The van der Waals surface area contributed by atoms with Crippen molar-refractivity contribution in [3.05, 3.63) is 59.2 Å². The summed E-state index contributed by atoms with van der Waals surface area (Å²) in [5, 5.41) is 11.5. The molecule has 2 aromatic rings. The number of nitrogen functional groups attached to an aromatic ring is 1. The molecule has 0 aliphatic heterocycles. The summed E-state index contributed by atoms with van der Waals surface area (Å²) in [7, 11) is 0. The second-order valence-corrected chi connectivity index (χ2v) is 4.18. The van der Waals surface area contributed by atoms with Gasteiger partial charge in [0, 0.05) is 5.56 Å². The van der Waals surface area contributed by atoms with Crippen LogP contribution in [0, 0.1) is 18.3 Å². The van der Waals surface area contributed by atoms with Gasteiger partial charge in [-0.25, -0.2) is 0 Å². The summed E-state index contributed by atoms with van der Waals surface area (Å²) in [6, 6.07) is 14.1. The highest BCUT2D eigenvalue weighted by atomic mass is 16.1. The third-order valence-electron chi connectivity index (χ3n) is 2.82. The third-order valence-corrected chi connectivity index (χ3v) is 2.82. The average Bonchev–Trinajstić information content (AvgIpc) is 2.41. The second-order valence-electron chi connectivity index (χ2n) is 4.18. The molecule has 94 valence electrons. The van der Waals surface area contributed by atoms with Crippen LogP contribution in [0.15, 0.2) is 42.5 Å². The van der Waals surface area contributed by atoms with E-state index in [1.54, 1.807) is 18.2 Å². The molecule has 19 heavy (non-hydrogen) atoms. The van der Waals surface area contributed by atoms with E-state index in [2.05, 4.69) is 5.32 Å². The Morgan fingerprint density at radius 2 is 2.00 bits per heavy atom. The van der Waals surface area contributed by atoms with Crippen LogP contribution in [0.5, 0.6) is 0 Å². The number of nitrogens with two attached hydrogens (primary N) is 1. The Morgan fingerprint density at radius 3 is 2.63 bits per heavy atom. The predicted octanol–water partition coefficient (Wildman–Crippen LogP) is 2.70. The molecule has 0 atom stereocenters. The Morgan fingerprint density at radius 1 is 1.26 bits per heavy atom. The van der Waals surface area contributed by atoms with Crippen molar-refractivity contribution in [2.75, 3.05) is 11.1 Å². The van der Waals surface area contributed by atoms with Gasteiger partial charge in [-0.1, -0.05) is 18.2 Å². The number of hydrogen-bond acceptors (Lipinski definition) is 3. The minimum Gasteiger partial charge on any atom is -0.397 e. The fourth-order valence-electron chi connectivity index (χ4n) is 1.76. The molecular formula is C15H13N3O. The molecule has 0 bridgehead atoms. The number of nitrogens with zero attached hydrogens (tertiary/aromatic N) is 1. The van der Waals surface area contributed by atoms with Crippen LogP contribution in [-0.4, -0.2) is 5.91 Å². The normalized spacial score (nSPS) is 9.68. The molecule has 2 rings (SSSR count). The fourth-order valence-corrected chi connectivity index (χ4v) is 1.76. The number of anilines is 2. The lowest BCUT2D eigenvalue weighted by Gasteiger charge is -2.09. The molecule has 0 fully saturated rings. The summed E-state index contributed by atoms with van der Waals surface area (Å²) in [6.07, 6.45) is 0. The van der Waals surface area contributed by atoms with Gasteiger partial charge in [0.1, 0.15) is 0 Å². The van der Waals surface area contributed by atoms with E-state index in [4.69, 9.17) is 11.0 Å². The van der Waals surface area contributed by atoms with Gasteiger partial charge >= 0.3 is 0 Å². The van der Waals surface area contributed by atoms with E-state index < -0.39 is 0 Å². The summed E-state index contributed by atoms with van der Waals surface area (Å²) in [6.45, 7) is 1.87. The molecule has 0 aliphatic rings. The van der Waals surface area contributed by atoms with Gasteiger partial charge in [-0.2, -0.15) is 5.26 Å². The van der Waals surface area contributed by atoms with E-state index in [1.807, 2.05) is 31.2 Å². The number of amides is 1. The zero-order valence-electron chi connectivity index (χ0n) is 10.5. The lowest BCUT2D eigenvalue weighted by molar-refractivity contribution is 0.102. The Labute approximate surface area is 111 Å². The van der Waals surface area contributed by atoms with Gasteiger partial charge in [-0.05, 0) is 36.8 Å². The first-order valence-corrected chi connectivity index (χ1v) is 5.78. The van der Waals surface area contributed by atoms with Gasteiger partial charge in [0.25, 0.3) is 5.91 Å². The lowest BCUT2D eigenvalue weighted by atomic mass is 10.1. The zero-order chi connectivity index (χ0) is 13.8. The largest absolute Gasteiger partial charge is 0.397 e. The highest BCUT2D eigenvalue weighted by Gasteiger charge is 2.10. The molecule has 0 saturated carbocycles. The molecule has 0 unspecified atom stereocenters. The van der Waals surface area contributed by atoms with Gasteiger partial charge in [0.05, 0.1) is 23.0 Å². The van der Waals surface area contributed by atoms with Gasteiger partial charge in [0.15, 0.2) is 0 Å². The van der Waals surface area contributed by atoms with E-state index >= 15 is 0 Å². The van der Waals surface area contributed by atoms with E-state index in [-0.39, 0.29) is 5.91 Å². The van der Waals surface area contributed by atoms with Crippen LogP contribution in [0.3, 0.4) is 0 Å². The highest BCUT2D eigenvalue weighted by molar-refractivity contribution is 6.06. The van der Waals surface area contributed by atoms with Crippen LogP contribution in [0.2, 0.25) is 0 Å². The first-order chi connectivity index (χ1) is 9.11. The molecule has 0 aromatic heterocycles. The first-order valence-electron chi connectivity index (χ1n) is 5.78. The van der Waals surface area contributed by atoms with Crippen molar-refractivity contribution in [3.8, 4) is 6.07 Å². The van der Waals surface area contributed by atoms with Crippen LogP contribution >= 0.6 is 0 Å². The van der Waals surface area contributed by atoms with E-state index in [1.165, 1.54) is 6.07 Å². The van der Waals surface area contributed by atoms with Crippen LogP contribution in [0.25, 0.3) is 0 Å². The number of benzene rings is 2. The van der Waals surface area contributed by atoms with Crippen molar-refractivity contribution in [2.45, 2.75) is 6.92 Å². The number of aryl methyl sites for hydroxylation is 1. The molecule has 0 radical (unpaired) electrons. The fraction of sp³-hybridized carbons (Fsp3) is 0.0667. The maximum Gasteiger partial charge on any atom is 0.255 e. The Kier molecular flexibility index (Phi) is 3.48. The molecule has 4 nitrogen and oxygen atoms in total. The van der Waals surface area contributed by atoms with Crippen molar-refractivity contribution in [1.82, 2.24) is 0 Å². The van der Waals surface area contributed by atoms with Gasteiger partial charge in [0.2, 0.25) is 0 Å². The molecule has 2 aromatic carbocycles. The Balaban J connectivity index is 2.25. The number of nitriles is 1. The van der Waals surface area contributed by atoms with Crippen molar-refractivity contribution >= 4 is 17.3 Å². The van der Waals surface area contributed by atoms with Crippen molar-refractivity contribution in [1.29, 1.82) is 5.26 Å². The van der Waals surface area contributed by atoms with E-state index in [0.29, 0.717) is 22.5 Å². The predicted molar refractivity (Wildman–Crippen MR) is 74.7 cm³/mol. The van der Waals surface area contributed by atoms with E-state index in [0.717, 1.165) is 5.56 Å². The SMILES string of the molecule is Cc1ccccc1C(=O)Nc1ccc(C#N)cc1N. The van der Waals surface area contributed by atoms with E-state index in [9.17, 15) is 4.79 Å². The molecule has 4 heteroatoms. The van der Waals surface area contributed by atoms with Gasteiger partial charge < -0.3 is 11.1 Å². The quantitative estimate of drug-likeness (QED) is 0.805. The summed E-state index contributed by atoms with van der Waals surface area (Å²) in [5.41, 5.74) is 8.64. The third kappa shape index (κ3) is 2.72. The monoisotopic (exact) mass is 251 g/mol. The van der Waals surface area contributed by atoms with Crippen molar-refractivity contribution < 1.29 is 4.79 Å². The van der Waals surface area contributed by atoms with Gasteiger partial charge in [-0.3, -0.25) is 4.79 Å². The number of rotatable bonds is 2. The molecule has 0 saturated heterocycles. The topological polar surface area (TPSA) is 78.9 Å². The molecule has 0 aliphatic carbocycles. The molecule has 3 N–H and O–H groups in total. The lowest BCUT2D eigenvalue weighted by Crippen LogP contribution is -2.14. The van der Waals surface area contributed by atoms with Crippen LogP contribution in [0.4, 0.5) is 11.4 Å². The molecular weight excluding hydrogens is 238 g/mol. The number of carbonyl (C=O) groups is 1. The summed E-state index contributed by atoms with van der Waals surface area (Å²) < 4.78 is 0. The maximum absolute atomic E-state index is 12.1. The molecule has 0 spiro atoms. The highest BCUT2D eigenvalue weighted by Crippen LogP contribution is 2.20. The van der Waals surface area contributed by atoms with Crippen LogP contribution in [-0.2, 0) is 0 Å². The minimum atomic E-state index is -0.213. The number of carbonyl (C=O) groups excluding carboxylic acids is 1. The Hall–Kier alpha value is -2.80. The standard InChI is InChI=1S/C15H13N3O/c1-10-4-2-3-5-12(10)15(19)18-14-7-6-11(9-16)8-13(14)17/h2-8H,17H2,1H3,(H,18,19). The van der Waals surface area contributed by atoms with Gasteiger partial charge in [-0.15, -0.1) is 0 Å². The van der Waals surface area contributed by atoms with Crippen LogP contribution < -0.4 is 11.1 Å². The zero-order valence-corrected chi connectivity index (χ0v) is 10.5. The van der Waals surface area contributed by atoms with Crippen molar-refractivity contribution in [3.63, 3.8) is 0 Å². The summed E-state index contributed by atoms with van der Waals surface area (Å²) >= 11 is 0. The van der Waals surface area contributed by atoms with Crippen molar-refractivity contribution in [2.24, 2.45) is 0 Å². The average molecular weight is 251 g/mol. The maximum atomic E-state index is 12.1. The number of nitrogens with one attached hydrogen (secondary N) is 1. The molecule has 1 amide bonds. The second kappa shape index (κ2) is 5.23. The van der Waals surface area contributed by atoms with Crippen LogP contribution in [0.1, 0.15) is 21.5 Å². The summed E-state index contributed by atoms with van der Waals surface area (Å²) in [5.74, 6) is -0.213. The summed E-state index contributed by atoms with van der Waals surface area (Å²) in [4.78, 5) is 12.1.